The minimum absolute atomic E-state index is 0.837. The quantitative estimate of drug-likeness (QED) is 0.904. The molecule has 0 spiro atoms. The van der Waals surface area contributed by atoms with Gasteiger partial charge in [-0.25, -0.2) is 0 Å². The van der Waals surface area contributed by atoms with E-state index in [1.165, 1.54) is 25.7 Å². The van der Waals surface area contributed by atoms with E-state index in [0.717, 1.165) is 28.5 Å². The summed E-state index contributed by atoms with van der Waals surface area (Å²) in [7, 11) is 0. The number of pyridine rings is 1. The molecule has 2 nitrogen and oxygen atoms in total. The van der Waals surface area contributed by atoms with Crippen molar-refractivity contribution in [2.45, 2.75) is 32.6 Å². The molecule has 0 aromatic carbocycles. The van der Waals surface area contributed by atoms with Crippen LogP contribution >= 0.6 is 15.9 Å². The zero-order chi connectivity index (χ0) is 11.4. The van der Waals surface area contributed by atoms with Gasteiger partial charge in [0.05, 0.1) is 10.2 Å². The molecule has 1 aromatic rings. The number of rotatable bonds is 3. The summed E-state index contributed by atoms with van der Waals surface area (Å²) in [4.78, 5) is 4.06. The first-order valence-electron chi connectivity index (χ1n) is 6.09. The molecule has 1 aromatic heterocycles. The van der Waals surface area contributed by atoms with Gasteiger partial charge in [-0.2, -0.15) is 0 Å². The van der Waals surface area contributed by atoms with E-state index >= 15 is 0 Å². The fourth-order valence-corrected chi connectivity index (χ4v) is 2.91. The lowest BCUT2D eigenvalue weighted by Crippen LogP contribution is -2.21. The zero-order valence-corrected chi connectivity index (χ0v) is 11.3. The minimum Gasteiger partial charge on any atom is -0.384 e. The highest BCUT2D eigenvalue weighted by Gasteiger charge is 2.18. The van der Waals surface area contributed by atoms with Gasteiger partial charge in [0.15, 0.2) is 0 Å². The van der Waals surface area contributed by atoms with Crippen LogP contribution in [0.4, 0.5) is 5.69 Å². The molecular formula is C13H19BrN2. The molecule has 1 heterocycles. The summed E-state index contributed by atoms with van der Waals surface area (Å²) in [6.07, 6.45) is 9.22. The molecule has 0 aliphatic heterocycles. The van der Waals surface area contributed by atoms with Gasteiger partial charge in [0, 0.05) is 18.9 Å². The van der Waals surface area contributed by atoms with E-state index in [0.29, 0.717) is 0 Å². The van der Waals surface area contributed by atoms with Gasteiger partial charge in [-0.1, -0.05) is 19.8 Å². The Kier molecular flexibility index (Phi) is 4.22. The van der Waals surface area contributed by atoms with E-state index in [1.807, 2.05) is 18.5 Å². The second kappa shape index (κ2) is 5.67. The first-order chi connectivity index (χ1) is 7.75. The number of nitrogens with zero attached hydrogens (tertiary/aromatic N) is 1. The molecule has 16 heavy (non-hydrogen) atoms. The normalized spacial score (nSPS) is 25.4. The Morgan fingerprint density at radius 1 is 1.50 bits per heavy atom. The predicted octanol–water partition coefficient (Wildman–Crippen LogP) is 4.08. The number of halogens is 1. The molecule has 0 amide bonds. The molecule has 2 atom stereocenters. The first-order valence-corrected chi connectivity index (χ1v) is 6.88. The van der Waals surface area contributed by atoms with E-state index in [9.17, 15) is 0 Å². The summed E-state index contributed by atoms with van der Waals surface area (Å²) in [6, 6.07) is 2.02. The Bertz CT molecular complexity index is 340. The Morgan fingerprint density at radius 2 is 2.38 bits per heavy atom. The molecule has 1 aliphatic rings. The van der Waals surface area contributed by atoms with Crippen LogP contribution in [0.1, 0.15) is 32.6 Å². The summed E-state index contributed by atoms with van der Waals surface area (Å²) in [5.74, 6) is 1.74. The van der Waals surface area contributed by atoms with Crippen LogP contribution < -0.4 is 5.32 Å². The minimum atomic E-state index is 0.837. The third kappa shape index (κ3) is 3.21. The van der Waals surface area contributed by atoms with Crippen LogP contribution in [0.25, 0.3) is 0 Å². The molecule has 0 bridgehead atoms. The largest absolute Gasteiger partial charge is 0.384 e. The summed E-state index contributed by atoms with van der Waals surface area (Å²) < 4.78 is 1.05. The lowest BCUT2D eigenvalue weighted by molar-refractivity contribution is 0.293. The molecule has 3 heteroatoms. The summed E-state index contributed by atoms with van der Waals surface area (Å²) >= 11 is 3.51. The highest BCUT2D eigenvalue weighted by atomic mass is 79.9. The monoisotopic (exact) mass is 282 g/mol. The number of hydrogen-bond acceptors (Lipinski definition) is 2. The highest BCUT2D eigenvalue weighted by molar-refractivity contribution is 9.10. The fourth-order valence-electron chi connectivity index (χ4n) is 2.52. The number of aromatic nitrogens is 1. The van der Waals surface area contributed by atoms with E-state index in [-0.39, 0.29) is 0 Å². The Hall–Kier alpha value is -0.570. The molecule has 1 fully saturated rings. The van der Waals surface area contributed by atoms with Gasteiger partial charge in [-0.15, -0.1) is 0 Å². The molecule has 1 saturated carbocycles. The average Bonchev–Trinajstić information content (AvgIpc) is 2.28. The van der Waals surface area contributed by atoms with Crippen LogP contribution in [0.15, 0.2) is 22.9 Å². The topological polar surface area (TPSA) is 24.9 Å². The fraction of sp³-hybridized carbons (Fsp3) is 0.615. The van der Waals surface area contributed by atoms with Crippen LogP contribution in [0.3, 0.4) is 0 Å². The van der Waals surface area contributed by atoms with Crippen molar-refractivity contribution in [1.29, 1.82) is 0 Å². The molecule has 1 aliphatic carbocycles. The number of nitrogens with one attached hydrogen (secondary N) is 1. The first kappa shape index (κ1) is 11.9. The Morgan fingerprint density at radius 3 is 3.12 bits per heavy atom. The van der Waals surface area contributed by atoms with Crippen LogP contribution in [0.5, 0.6) is 0 Å². The van der Waals surface area contributed by atoms with Crippen molar-refractivity contribution in [3.63, 3.8) is 0 Å². The van der Waals surface area contributed by atoms with Crippen molar-refractivity contribution >= 4 is 21.6 Å². The van der Waals surface area contributed by atoms with Gasteiger partial charge in [-0.05, 0) is 46.7 Å². The Labute approximate surface area is 106 Å². The van der Waals surface area contributed by atoms with Gasteiger partial charge in [0.25, 0.3) is 0 Å². The second-order valence-corrected chi connectivity index (χ2v) is 5.73. The molecule has 2 rings (SSSR count). The predicted molar refractivity (Wildman–Crippen MR) is 71.5 cm³/mol. The lowest BCUT2D eigenvalue weighted by Gasteiger charge is -2.27. The van der Waals surface area contributed by atoms with E-state index in [4.69, 9.17) is 0 Å². The average molecular weight is 283 g/mol. The maximum atomic E-state index is 4.06. The second-order valence-electron chi connectivity index (χ2n) is 4.87. The lowest BCUT2D eigenvalue weighted by atomic mass is 9.82. The van der Waals surface area contributed by atoms with Crippen molar-refractivity contribution in [1.82, 2.24) is 4.98 Å². The van der Waals surface area contributed by atoms with E-state index < -0.39 is 0 Å². The molecule has 1 N–H and O–H groups in total. The maximum absolute atomic E-state index is 4.06. The summed E-state index contributed by atoms with van der Waals surface area (Å²) in [5.41, 5.74) is 1.16. The molecule has 0 saturated heterocycles. The Balaban J connectivity index is 1.85. The SMILES string of the molecule is CC1CCCC(CNc2ccncc2Br)C1. The van der Waals surface area contributed by atoms with Crippen molar-refractivity contribution in [2.24, 2.45) is 11.8 Å². The van der Waals surface area contributed by atoms with Crippen molar-refractivity contribution in [3.05, 3.63) is 22.9 Å². The van der Waals surface area contributed by atoms with E-state index in [2.05, 4.69) is 33.2 Å². The van der Waals surface area contributed by atoms with Crippen molar-refractivity contribution in [2.75, 3.05) is 11.9 Å². The van der Waals surface area contributed by atoms with Crippen molar-refractivity contribution in [3.8, 4) is 0 Å². The maximum Gasteiger partial charge on any atom is 0.0590 e. The van der Waals surface area contributed by atoms with Crippen molar-refractivity contribution < 1.29 is 0 Å². The summed E-state index contributed by atoms with van der Waals surface area (Å²) in [5, 5.41) is 3.52. The van der Waals surface area contributed by atoms with Crippen LogP contribution in [-0.2, 0) is 0 Å². The van der Waals surface area contributed by atoms with Gasteiger partial charge in [0.2, 0.25) is 0 Å². The molecule has 2 unspecified atom stereocenters. The molecule has 88 valence electrons. The highest BCUT2D eigenvalue weighted by Crippen LogP contribution is 2.29. The third-order valence-electron chi connectivity index (χ3n) is 3.40. The van der Waals surface area contributed by atoms with Crippen LogP contribution in [0.2, 0.25) is 0 Å². The zero-order valence-electron chi connectivity index (χ0n) is 9.75. The molecular weight excluding hydrogens is 264 g/mol. The van der Waals surface area contributed by atoms with Crippen LogP contribution in [-0.4, -0.2) is 11.5 Å². The van der Waals surface area contributed by atoms with E-state index in [1.54, 1.807) is 0 Å². The number of anilines is 1. The van der Waals surface area contributed by atoms with Gasteiger partial charge < -0.3 is 5.32 Å². The van der Waals surface area contributed by atoms with Gasteiger partial charge in [-0.3, -0.25) is 4.98 Å². The smallest absolute Gasteiger partial charge is 0.0590 e. The standard InChI is InChI=1S/C13H19BrN2/c1-10-3-2-4-11(7-10)8-16-13-5-6-15-9-12(13)14/h5-6,9-11H,2-4,7-8H2,1H3,(H,15,16). The summed E-state index contributed by atoms with van der Waals surface area (Å²) in [6.45, 7) is 3.46. The molecule has 0 radical (unpaired) electrons. The van der Waals surface area contributed by atoms with Crippen LogP contribution in [0, 0.1) is 11.8 Å². The van der Waals surface area contributed by atoms with Gasteiger partial charge in [0.1, 0.15) is 0 Å². The van der Waals surface area contributed by atoms with Gasteiger partial charge >= 0.3 is 0 Å². The third-order valence-corrected chi connectivity index (χ3v) is 4.03. The number of hydrogen-bond donors (Lipinski definition) is 1.